The van der Waals surface area contributed by atoms with E-state index in [0.29, 0.717) is 12.4 Å². The van der Waals surface area contributed by atoms with Crippen molar-refractivity contribution in [3.8, 4) is 0 Å². The predicted molar refractivity (Wildman–Crippen MR) is 116 cm³/mol. The molecule has 142 valence electrons. The van der Waals surface area contributed by atoms with Crippen LogP contribution in [0.2, 0.25) is 0 Å². The van der Waals surface area contributed by atoms with Gasteiger partial charge in [0.25, 0.3) is 0 Å². The summed E-state index contributed by atoms with van der Waals surface area (Å²) in [7, 11) is -1.18. The monoisotopic (exact) mass is 480 g/mol. The van der Waals surface area contributed by atoms with Crippen molar-refractivity contribution in [2.24, 2.45) is 4.99 Å². The number of benzene rings is 1. The number of likely N-dealkylation sites (N-methyl/N-ethyl adjacent to an activating group) is 1. The summed E-state index contributed by atoms with van der Waals surface area (Å²) in [5.74, 6) is 1.12. The molecule has 1 fully saturated rings. The number of guanidine groups is 1. The summed E-state index contributed by atoms with van der Waals surface area (Å²) in [5.41, 5.74) is 2.50. The van der Waals surface area contributed by atoms with Gasteiger partial charge < -0.3 is 15.5 Å². The Kier molecular flexibility index (Phi) is 8.98. The molecule has 1 aliphatic heterocycles. The van der Waals surface area contributed by atoms with Gasteiger partial charge in [0.15, 0.2) is 15.8 Å². The van der Waals surface area contributed by atoms with Crippen LogP contribution in [0.4, 0.5) is 5.69 Å². The smallest absolute Gasteiger partial charge is 0.191 e. The number of nitrogens with one attached hydrogen (secondary N) is 2. The van der Waals surface area contributed by atoms with Crippen LogP contribution in [0, 0.1) is 6.92 Å². The van der Waals surface area contributed by atoms with Crippen molar-refractivity contribution < 1.29 is 8.42 Å². The van der Waals surface area contributed by atoms with Crippen molar-refractivity contribution in [3.05, 3.63) is 29.8 Å². The molecule has 1 aromatic rings. The molecular formula is C17H29IN4O2S. The number of halogens is 1. The quantitative estimate of drug-likeness (QED) is 0.369. The number of nitrogens with zero attached hydrogens (tertiary/aromatic N) is 2. The van der Waals surface area contributed by atoms with Crippen molar-refractivity contribution in [1.82, 2.24) is 10.6 Å². The SMILES string of the molecule is CCN(CCNC(=NC)NC1CCS(=O)(=O)C1)c1ccccc1C.I. The molecule has 0 amide bonds. The summed E-state index contributed by atoms with van der Waals surface area (Å²) in [5, 5.41) is 6.49. The summed E-state index contributed by atoms with van der Waals surface area (Å²) in [4.78, 5) is 6.51. The van der Waals surface area contributed by atoms with Gasteiger partial charge in [-0.3, -0.25) is 4.99 Å². The molecule has 25 heavy (non-hydrogen) atoms. The van der Waals surface area contributed by atoms with E-state index >= 15 is 0 Å². The predicted octanol–water partition coefficient (Wildman–Crippen LogP) is 1.79. The fraction of sp³-hybridized carbons (Fsp3) is 0.588. The average Bonchev–Trinajstić information content (AvgIpc) is 2.90. The first-order valence-electron chi connectivity index (χ1n) is 8.43. The summed E-state index contributed by atoms with van der Waals surface area (Å²) in [6.07, 6.45) is 0.646. The Labute approximate surface area is 168 Å². The van der Waals surface area contributed by atoms with E-state index in [2.05, 4.69) is 52.6 Å². The maximum absolute atomic E-state index is 11.5. The number of anilines is 1. The van der Waals surface area contributed by atoms with E-state index < -0.39 is 9.84 Å². The number of hydrogen-bond donors (Lipinski definition) is 2. The van der Waals surface area contributed by atoms with Gasteiger partial charge in [-0.05, 0) is 31.9 Å². The van der Waals surface area contributed by atoms with E-state index in [0.717, 1.165) is 19.6 Å². The van der Waals surface area contributed by atoms with E-state index in [1.54, 1.807) is 7.05 Å². The number of rotatable bonds is 6. The minimum atomic E-state index is -2.88. The van der Waals surface area contributed by atoms with Crippen LogP contribution in [0.15, 0.2) is 29.3 Å². The van der Waals surface area contributed by atoms with Gasteiger partial charge in [-0.2, -0.15) is 0 Å². The van der Waals surface area contributed by atoms with Gasteiger partial charge in [0.1, 0.15) is 0 Å². The standard InChI is InChI=1S/C17H28N4O2S.HI/c1-4-21(16-8-6-5-7-14(16)2)11-10-19-17(18-3)20-15-9-12-24(22,23)13-15;/h5-8,15H,4,9-13H2,1-3H3,(H2,18,19,20);1H. The highest BCUT2D eigenvalue weighted by Gasteiger charge is 2.28. The molecule has 0 spiro atoms. The van der Waals surface area contributed by atoms with Gasteiger partial charge in [0.05, 0.1) is 11.5 Å². The van der Waals surface area contributed by atoms with Gasteiger partial charge in [-0.15, -0.1) is 24.0 Å². The molecule has 2 N–H and O–H groups in total. The molecule has 8 heteroatoms. The topological polar surface area (TPSA) is 73.8 Å². The zero-order valence-electron chi connectivity index (χ0n) is 15.2. The number of hydrogen-bond acceptors (Lipinski definition) is 4. The van der Waals surface area contributed by atoms with Gasteiger partial charge in [-0.25, -0.2) is 8.42 Å². The van der Waals surface area contributed by atoms with Crippen molar-refractivity contribution in [1.29, 1.82) is 0 Å². The molecule has 1 atom stereocenters. The van der Waals surface area contributed by atoms with Gasteiger partial charge in [0.2, 0.25) is 0 Å². The van der Waals surface area contributed by atoms with E-state index in [1.807, 2.05) is 6.07 Å². The van der Waals surface area contributed by atoms with E-state index in [1.165, 1.54) is 11.3 Å². The van der Waals surface area contributed by atoms with Crippen LogP contribution in [-0.2, 0) is 9.84 Å². The van der Waals surface area contributed by atoms with Crippen molar-refractivity contribution >= 4 is 45.5 Å². The fourth-order valence-electron chi connectivity index (χ4n) is 2.97. The Morgan fingerprint density at radius 1 is 1.36 bits per heavy atom. The summed E-state index contributed by atoms with van der Waals surface area (Å²) in [6.45, 7) is 6.78. The Balaban J connectivity index is 0.00000312. The molecular weight excluding hydrogens is 451 g/mol. The second-order valence-corrected chi connectivity index (χ2v) is 8.34. The summed E-state index contributed by atoms with van der Waals surface area (Å²) < 4.78 is 23.1. The van der Waals surface area contributed by atoms with E-state index in [-0.39, 0.29) is 41.5 Å². The number of aliphatic imine (C=N–C) groups is 1. The molecule has 1 unspecified atom stereocenters. The van der Waals surface area contributed by atoms with Crippen LogP contribution in [-0.4, -0.2) is 58.6 Å². The van der Waals surface area contributed by atoms with Crippen LogP contribution in [0.1, 0.15) is 18.9 Å². The normalized spacial score (nSPS) is 19.2. The largest absolute Gasteiger partial charge is 0.370 e. The first kappa shape index (κ1) is 22.0. The fourth-order valence-corrected chi connectivity index (χ4v) is 4.65. The highest BCUT2D eigenvalue weighted by Crippen LogP contribution is 2.18. The number of sulfone groups is 1. The maximum Gasteiger partial charge on any atom is 0.191 e. The second kappa shape index (κ2) is 10.2. The molecule has 1 aromatic carbocycles. The average molecular weight is 480 g/mol. The van der Waals surface area contributed by atoms with Gasteiger partial charge in [0, 0.05) is 38.4 Å². The Bertz CT molecular complexity index is 679. The molecule has 1 heterocycles. The summed E-state index contributed by atoms with van der Waals surface area (Å²) >= 11 is 0. The van der Waals surface area contributed by atoms with E-state index in [4.69, 9.17) is 0 Å². The Morgan fingerprint density at radius 3 is 2.64 bits per heavy atom. The third-order valence-electron chi connectivity index (χ3n) is 4.31. The lowest BCUT2D eigenvalue weighted by Crippen LogP contribution is -2.46. The van der Waals surface area contributed by atoms with Crippen molar-refractivity contribution in [2.75, 3.05) is 43.1 Å². The highest BCUT2D eigenvalue weighted by molar-refractivity contribution is 14.0. The van der Waals surface area contributed by atoms with Gasteiger partial charge in [-0.1, -0.05) is 18.2 Å². The van der Waals surface area contributed by atoms with Gasteiger partial charge >= 0.3 is 0 Å². The molecule has 0 saturated carbocycles. The third-order valence-corrected chi connectivity index (χ3v) is 6.08. The molecule has 2 rings (SSSR count). The molecule has 0 bridgehead atoms. The number of para-hydroxylation sites is 1. The molecule has 1 aliphatic rings. The highest BCUT2D eigenvalue weighted by atomic mass is 127. The first-order chi connectivity index (χ1) is 11.4. The maximum atomic E-state index is 11.5. The number of aryl methyl sites for hydroxylation is 1. The molecule has 1 saturated heterocycles. The van der Waals surface area contributed by atoms with Crippen LogP contribution in [0.25, 0.3) is 0 Å². The molecule has 0 aliphatic carbocycles. The molecule has 6 nitrogen and oxygen atoms in total. The lowest BCUT2D eigenvalue weighted by molar-refractivity contribution is 0.599. The van der Waals surface area contributed by atoms with E-state index in [9.17, 15) is 8.42 Å². The lowest BCUT2D eigenvalue weighted by Gasteiger charge is -2.25. The lowest BCUT2D eigenvalue weighted by atomic mass is 10.2. The van der Waals surface area contributed by atoms with Crippen LogP contribution < -0.4 is 15.5 Å². The van der Waals surface area contributed by atoms with Crippen LogP contribution in [0.3, 0.4) is 0 Å². The Morgan fingerprint density at radius 2 is 2.08 bits per heavy atom. The second-order valence-electron chi connectivity index (χ2n) is 6.11. The first-order valence-corrected chi connectivity index (χ1v) is 10.3. The minimum absolute atomic E-state index is 0. The van der Waals surface area contributed by atoms with Crippen LogP contribution >= 0.6 is 24.0 Å². The van der Waals surface area contributed by atoms with Crippen LogP contribution in [0.5, 0.6) is 0 Å². The summed E-state index contributed by atoms with van der Waals surface area (Å²) in [6, 6.07) is 8.31. The van der Waals surface area contributed by atoms with Crippen molar-refractivity contribution in [2.45, 2.75) is 26.3 Å². The molecule has 0 radical (unpaired) electrons. The molecule has 0 aromatic heterocycles. The third kappa shape index (κ3) is 6.65. The zero-order chi connectivity index (χ0) is 17.6. The Hall–Kier alpha value is -1.03. The minimum Gasteiger partial charge on any atom is -0.370 e. The van der Waals surface area contributed by atoms with Crippen molar-refractivity contribution in [3.63, 3.8) is 0 Å². The zero-order valence-corrected chi connectivity index (χ0v) is 18.3.